The topological polar surface area (TPSA) is 104 Å². The molecule has 3 heterocycles. The number of anilines is 1. The van der Waals surface area contributed by atoms with Gasteiger partial charge in [-0.05, 0) is 17.3 Å². The number of carbonyl (C=O) groups is 1. The molecule has 28 heavy (non-hydrogen) atoms. The van der Waals surface area contributed by atoms with Crippen molar-refractivity contribution in [3.8, 4) is 10.8 Å². The van der Waals surface area contributed by atoms with Crippen molar-refractivity contribution in [2.24, 2.45) is 0 Å². The first-order chi connectivity index (χ1) is 13.4. The Balaban J connectivity index is 1.44. The summed E-state index contributed by atoms with van der Waals surface area (Å²) in [5.74, 6) is -0.293. The van der Waals surface area contributed by atoms with Gasteiger partial charge in [-0.2, -0.15) is 18.4 Å². The number of nitrogens with zero attached hydrogens (tertiary/aromatic N) is 7. The second kappa shape index (κ2) is 7.14. The van der Waals surface area contributed by atoms with Gasteiger partial charge in [-0.15, -0.1) is 20.4 Å². The fraction of sp³-hybridized carbons (Fsp3) is 0.333. The molecule has 1 aliphatic rings. The summed E-state index contributed by atoms with van der Waals surface area (Å²) in [6.45, 7) is 1.42. The van der Waals surface area contributed by atoms with Gasteiger partial charge < -0.3 is 9.80 Å². The maximum atomic E-state index is 13.2. The van der Waals surface area contributed by atoms with E-state index < -0.39 is 17.6 Å². The summed E-state index contributed by atoms with van der Waals surface area (Å²) in [5.41, 5.74) is -1.25. The zero-order valence-electron chi connectivity index (χ0n) is 14.2. The number of carbonyl (C=O) groups excluding carboxylic acids is 1. The summed E-state index contributed by atoms with van der Waals surface area (Å²) in [7, 11) is 0. The van der Waals surface area contributed by atoms with E-state index in [4.69, 9.17) is 0 Å². The highest BCUT2D eigenvalue weighted by Crippen LogP contribution is 2.33. The first-order valence-electron chi connectivity index (χ1n) is 8.21. The largest absolute Gasteiger partial charge is 0.417 e. The van der Waals surface area contributed by atoms with Crippen LogP contribution in [-0.2, 0) is 6.18 Å². The van der Waals surface area contributed by atoms with Crippen LogP contribution < -0.4 is 4.90 Å². The van der Waals surface area contributed by atoms with E-state index in [0.717, 1.165) is 6.07 Å². The molecule has 13 heteroatoms. The average molecular weight is 410 g/mol. The molecule has 9 nitrogen and oxygen atoms in total. The number of benzene rings is 1. The smallest absolute Gasteiger partial charge is 0.343 e. The number of hydrogen-bond acceptors (Lipinski definition) is 8. The molecule has 1 aliphatic heterocycles. The second-order valence-corrected chi connectivity index (χ2v) is 6.90. The van der Waals surface area contributed by atoms with Gasteiger partial charge in [-0.25, -0.2) is 0 Å². The van der Waals surface area contributed by atoms with Crippen molar-refractivity contribution in [2.45, 2.75) is 6.18 Å². The maximum Gasteiger partial charge on any atom is 0.417 e. The summed E-state index contributed by atoms with van der Waals surface area (Å²) in [6, 6.07) is 4.83. The lowest BCUT2D eigenvalue weighted by atomic mass is 10.1. The van der Waals surface area contributed by atoms with Gasteiger partial charge in [0.1, 0.15) is 0 Å². The first kappa shape index (κ1) is 18.3. The second-order valence-electron chi connectivity index (χ2n) is 5.95. The monoisotopic (exact) mass is 410 g/mol. The third kappa shape index (κ3) is 3.52. The van der Waals surface area contributed by atoms with Gasteiger partial charge in [-0.1, -0.05) is 23.5 Å². The van der Waals surface area contributed by atoms with Crippen LogP contribution in [0.25, 0.3) is 10.8 Å². The predicted octanol–water partition coefficient (Wildman–Crippen LogP) is 1.70. The zero-order valence-corrected chi connectivity index (χ0v) is 15.0. The molecule has 0 aliphatic carbocycles. The zero-order chi connectivity index (χ0) is 19.7. The molecule has 0 unspecified atom stereocenters. The summed E-state index contributed by atoms with van der Waals surface area (Å²) >= 11 is 1.28. The third-order valence-corrected chi connectivity index (χ3v) is 5.23. The van der Waals surface area contributed by atoms with E-state index in [9.17, 15) is 18.0 Å². The highest BCUT2D eigenvalue weighted by Gasteiger charge is 2.36. The third-order valence-electron chi connectivity index (χ3n) is 4.25. The number of hydrogen-bond donors (Lipinski definition) is 1. The molecule has 4 rings (SSSR count). The number of rotatable bonds is 3. The van der Waals surface area contributed by atoms with Crippen LogP contribution in [0.3, 0.4) is 0 Å². The van der Waals surface area contributed by atoms with Crippen molar-refractivity contribution in [1.29, 1.82) is 0 Å². The van der Waals surface area contributed by atoms with Gasteiger partial charge in [0.05, 0.1) is 11.1 Å². The Morgan fingerprint density at radius 1 is 1.07 bits per heavy atom. The molecule has 0 radical (unpaired) electrons. The van der Waals surface area contributed by atoms with Crippen LogP contribution in [-0.4, -0.2) is 67.8 Å². The van der Waals surface area contributed by atoms with Crippen LogP contribution in [0, 0.1) is 0 Å². The van der Waals surface area contributed by atoms with Crippen molar-refractivity contribution in [1.82, 2.24) is 35.7 Å². The van der Waals surface area contributed by atoms with Crippen LogP contribution >= 0.6 is 11.3 Å². The van der Waals surface area contributed by atoms with Gasteiger partial charge in [-0.3, -0.25) is 4.79 Å². The lowest BCUT2D eigenvalue weighted by Crippen LogP contribution is -2.49. The SMILES string of the molecule is O=C(c1ccccc1C(F)(F)F)N1CCN(c2nnc(-c3nn[nH]n3)s2)CC1. The van der Waals surface area contributed by atoms with E-state index in [0.29, 0.717) is 29.1 Å². The van der Waals surface area contributed by atoms with E-state index >= 15 is 0 Å². The van der Waals surface area contributed by atoms with Gasteiger partial charge in [0.25, 0.3) is 5.91 Å². The number of halogens is 3. The van der Waals surface area contributed by atoms with Gasteiger partial charge in [0.2, 0.25) is 11.0 Å². The number of amides is 1. The minimum absolute atomic E-state index is 0.280. The summed E-state index contributed by atoms with van der Waals surface area (Å²) in [6.07, 6.45) is -4.58. The van der Waals surface area contributed by atoms with Gasteiger partial charge in [0, 0.05) is 26.2 Å². The summed E-state index contributed by atoms with van der Waals surface area (Å²) in [4.78, 5) is 16.0. The van der Waals surface area contributed by atoms with Crippen LogP contribution in [0.1, 0.15) is 15.9 Å². The lowest BCUT2D eigenvalue weighted by molar-refractivity contribution is -0.138. The Morgan fingerprint density at radius 3 is 2.50 bits per heavy atom. The Kier molecular flexibility index (Phi) is 4.66. The first-order valence-corrected chi connectivity index (χ1v) is 9.03. The minimum Gasteiger partial charge on any atom is -0.343 e. The summed E-state index contributed by atoms with van der Waals surface area (Å²) in [5, 5.41) is 22.7. The number of tetrazole rings is 1. The molecule has 0 spiro atoms. The normalized spacial score (nSPS) is 15.1. The molecule has 0 atom stereocenters. The van der Waals surface area contributed by atoms with E-state index in [1.165, 1.54) is 34.4 Å². The predicted molar refractivity (Wildman–Crippen MR) is 92.6 cm³/mol. The van der Waals surface area contributed by atoms with E-state index in [2.05, 4.69) is 30.8 Å². The molecular weight excluding hydrogens is 397 g/mol. The molecule has 1 aromatic carbocycles. The summed E-state index contributed by atoms with van der Waals surface area (Å²) < 4.78 is 39.5. The van der Waals surface area contributed by atoms with Crippen molar-refractivity contribution < 1.29 is 18.0 Å². The van der Waals surface area contributed by atoms with E-state index in [1.54, 1.807) is 0 Å². The number of nitrogens with one attached hydrogen (secondary N) is 1. The van der Waals surface area contributed by atoms with Crippen molar-refractivity contribution in [3.05, 3.63) is 35.4 Å². The average Bonchev–Trinajstić information content (AvgIpc) is 3.38. The number of H-pyrrole nitrogens is 1. The van der Waals surface area contributed by atoms with Crippen molar-refractivity contribution in [3.63, 3.8) is 0 Å². The molecule has 1 fully saturated rings. The molecular formula is C15H13F3N8OS. The van der Waals surface area contributed by atoms with E-state index in [-0.39, 0.29) is 18.7 Å². The molecule has 2 aromatic heterocycles. The Bertz CT molecular complexity index is 966. The fourth-order valence-corrected chi connectivity index (χ4v) is 3.70. The highest BCUT2D eigenvalue weighted by molar-refractivity contribution is 7.18. The highest BCUT2D eigenvalue weighted by atomic mass is 32.1. The Labute approximate surface area is 160 Å². The van der Waals surface area contributed by atoms with Crippen LogP contribution in [0.4, 0.5) is 18.3 Å². The number of piperazine rings is 1. The van der Waals surface area contributed by atoms with Crippen molar-refractivity contribution >= 4 is 22.4 Å². The molecule has 1 amide bonds. The number of aromatic nitrogens is 6. The number of alkyl halides is 3. The van der Waals surface area contributed by atoms with Crippen LogP contribution in [0.15, 0.2) is 24.3 Å². The lowest BCUT2D eigenvalue weighted by Gasteiger charge is -2.34. The molecule has 0 bridgehead atoms. The molecule has 1 saturated heterocycles. The number of aromatic amines is 1. The van der Waals surface area contributed by atoms with Crippen LogP contribution in [0.5, 0.6) is 0 Å². The van der Waals surface area contributed by atoms with Crippen molar-refractivity contribution in [2.75, 3.05) is 31.1 Å². The standard InChI is InChI=1S/C15H13F3N8OS/c16-15(17,18)10-4-2-1-3-9(10)13(27)25-5-7-26(8-6-25)14-22-21-12(28-14)11-19-23-24-20-11/h1-4H,5-8H2,(H,19,20,23,24). The van der Waals surface area contributed by atoms with Gasteiger partial charge >= 0.3 is 6.18 Å². The minimum atomic E-state index is -4.58. The fourth-order valence-electron chi connectivity index (χ4n) is 2.87. The molecule has 146 valence electrons. The van der Waals surface area contributed by atoms with Crippen LogP contribution in [0.2, 0.25) is 0 Å². The molecule has 1 N–H and O–H groups in total. The molecule has 3 aromatic rings. The van der Waals surface area contributed by atoms with Gasteiger partial charge in [0.15, 0.2) is 5.01 Å². The Morgan fingerprint density at radius 2 is 1.82 bits per heavy atom. The van der Waals surface area contributed by atoms with E-state index in [1.807, 2.05) is 4.90 Å². The Hall–Kier alpha value is -3.09. The quantitative estimate of drug-likeness (QED) is 0.701. The maximum absolute atomic E-state index is 13.2. The molecule has 0 saturated carbocycles.